The summed E-state index contributed by atoms with van der Waals surface area (Å²) in [6.45, 7) is 5.59. The Bertz CT molecular complexity index is 391. The number of hydrogen-bond donors (Lipinski definition) is 2. The number of methoxy groups -OCH3 is 1. The molecule has 0 saturated heterocycles. The van der Waals surface area contributed by atoms with Crippen molar-refractivity contribution < 1.29 is 9.84 Å². The van der Waals surface area contributed by atoms with Crippen LogP contribution in [-0.4, -0.2) is 37.5 Å². The minimum Gasteiger partial charge on any atom is -0.389 e. The molecule has 0 aliphatic heterocycles. The lowest BCUT2D eigenvalue weighted by Crippen LogP contribution is -2.56. The molecule has 3 atom stereocenters. The van der Waals surface area contributed by atoms with Crippen LogP contribution in [0.3, 0.4) is 0 Å². The summed E-state index contributed by atoms with van der Waals surface area (Å²) >= 11 is 0. The van der Waals surface area contributed by atoms with Crippen molar-refractivity contribution >= 4 is 0 Å². The van der Waals surface area contributed by atoms with Crippen LogP contribution in [0.25, 0.3) is 0 Å². The van der Waals surface area contributed by atoms with Gasteiger partial charge in [-0.2, -0.15) is 0 Å². The summed E-state index contributed by atoms with van der Waals surface area (Å²) in [7, 11) is 1.61. The smallest absolute Gasteiger partial charge is 0.0897 e. The Morgan fingerprint density at radius 2 is 2.05 bits per heavy atom. The Balaban J connectivity index is 1.87. The molecule has 0 heterocycles. The average Bonchev–Trinajstić information content (AvgIpc) is 2.39. The molecule has 1 saturated carbocycles. The van der Waals surface area contributed by atoms with Gasteiger partial charge in [0.15, 0.2) is 0 Å². The molecule has 3 nitrogen and oxygen atoms in total. The topological polar surface area (TPSA) is 41.5 Å². The van der Waals surface area contributed by atoms with Gasteiger partial charge < -0.3 is 15.2 Å². The number of aliphatic hydroxyl groups excluding tert-OH is 1. The fourth-order valence-electron chi connectivity index (χ4n) is 3.05. The second kappa shape index (κ2) is 6.04. The van der Waals surface area contributed by atoms with Gasteiger partial charge in [-0.3, -0.25) is 0 Å². The largest absolute Gasteiger partial charge is 0.389 e. The lowest BCUT2D eigenvalue weighted by atomic mass is 9.56. The van der Waals surface area contributed by atoms with Crippen LogP contribution in [0.2, 0.25) is 0 Å². The second-order valence-corrected chi connectivity index (χ2v) is 6.09. The van der Waals surface area contributed by atoms with E-state index in [1.807, 2.05) is 0 Å². The van der Waals surface area contributed by atoms with E-state index in [4.69, 9.17) is 4.74 Å². The summed E-state index contributed by atoms with van der Waals surface area (Å²) in [5.41, 5.74) is 1.65. The van der Waals surface area contributed by atoms with Crippen LogP contribution in [0.1, 0.15) is 31.7 Å². The molecule has 1 aliphatic rings. The van der Waals surface area contributed by atoms with Crippen molar-refractivity contribution in [1.29, 1.82) is 0 Å². The van der Waals surface area contributed by atoms with Crippen LogP contribution < -0.4 is 5.32 Å². The molecule has 1 aromatic carbocycles. The van der Waals surface area contributed by atoms with Crippen LogP contribution in [0.5, 0.6) is 0 Å². The van der Waals surface area contributed by atoms with Gasteiger partial charge >= 0.3 is 0 Å². The normalized spacial score (nSPS) is 26.7. The van der Waals surface area contributed by atoms with Crippen molar-refractivity contribution in [3.8, 4) is 0 Å². The first-order valence-corrected chi connectivity index (χ1v) is 7.01. The lowest BCUT2D eigenvalue weighted by molar-refractivity contribution is 0.0322. The first kappa shape index (κ1) is 14.5. The molecule has 1 aliphatic carbocycles. The van der Waals surface area contributed by atoms with E-state index in [0.29, 0.717) is 25.1 Å². The molecule has 2 rings (SSSR count). The maximum atomic E-state index is 9.68. The van der Waals surface area contributed by atoms with Crippen LogP contribution in [0.15, 0.2) is 30.3 Å². The molecule has 0 aromatic heterocycles. The standard InChI is InChI=1S/C16H25NO2/c1-16(2)14(12-7-5-4-6-8-12)9-15(16)17-10-13(18)11-19-3/h4-8,13-15,17-18H,9-11H2,1-3H3. The van der Waals surface area contributed by atoms with E-state index in [-0.39, 0.29) is 5.41 Å². The number of ether oxygens (including phenoxy) is 1. The van der Waals surface area contributed by atoms with Gasteiger partial charge in [0.2, 0.25) is 0 Å². The lowest BCUT2D eigenvalue weighted by Gasteiger charge is -2.53. The minimum atomic E-state index is -0.420. The third kappa shape index (κ3) is 3.16. The van der Waals surface area contributed by atoms with E-state index < -0.39 is 6.10 Å². The second-order valence-electron chi connectivity index (χ2n) is 6.09. The number of hydrogen-bond acceptors (Lipinski definition) is 3. The molecule has 0 bridgehead atoms. The molecule has 2 N–H and O–H groups in total. The molecular formula is C16H25NO2. The third-order valence-electron chi connectivity index (χ3n) is 4.43. The fraction of sp³-hybridized carbons (Fsp3) is 0.625. The van der Waals surface area contributed by atoms with Crippen LogP contribution in [0, 0.1) is 5.41 Å². The fourth-order valence-corrected chi connectivity index (χ4v) is 3.05. The highest BCUT2D eigenvalue weighted by Gasteiger charge is 2.48. The summed E-state index contributed by atoms with van der Waals surface area (Å²) in [4.78, 5) is 0. The zero-order chi connectivity index (χ0) is 13.9. The summed E-state index contributed by atoms with van der Waals surface area (Å²) < 4.78 is 4.94. The van der Waals surface area contributed by atoms with Gasteiger partial charge in [0.05, 0.1) is 12.7 Å². The molecule has 106 valence electrons. The molecule has 0 spiro atoms. The van der Waals surface area contributed by atoms with Crippen LogP contribution in [-0.2, 0) is 4.74 Å². The predicted molar refractivity (Wildman–Crippen MR) is 77.3 cm³/mol. The highest BCUT2D eigenvalue weighted by Crippen LogP contribution is 2.52. The predicted octanol–water partition coefficient (Wildman–Crippen LogP) is 2.17. The number of benzene rings is 1. The molecule has 3 unspecified atom stereocenters. The summed E-state index contributed by atoms with van der Waals surface area (Å²) in [6.07, 6.45) is 0.716. The van der Waals surface area contributed by atoms with Crippen LogP contribution in [0.4, 0.5) is 0 Å². The van der Waals surface area contributed by atoms with Gasteiger partial charge in [-0.05, 0) is 23.3 Å². The number of aliphatic hydroxyl groups is 1. The third-order valence-corrected chi connectivity index (χ3v) is 4.43. The Morgan fingerprint density at radius 1 is 1.37 bits per heavy atom. The van der Waals surface area contributed by atoms with Crippen molar-refractivity contribution in [3.05, 3.63) is 35.9 Å². The van der Waals surface area contributed by atoms with E-state index in [1.54, 1.807) is 7.11 Å². The maximum absolute atomic E-state index is 9.68. The Hall–Kier alpha value is -0.900. The van der Waals surface area contributed by atoms with Gasteiger partial charge in [-0.1, -0.05) is 44.2 Å². The number of rotatable bonds is 6. The summed E-state index contributed by atoms with van der Waals surface area (Å²) in [5, 5.41) is 13.1. The number of nitrogens with one attached hydrogen (secondary N) is 1. The van der Waals surface area contributed by atoms with Crippen molar-refractivity contribution in [2.45, 2.75) is 38.3 Å². The van der Waals surface area contributed by atoms with E-state index in [0.717, 1.165) is 6.42 Å². The summed E-state index contributed by atoms with van der Waals surface area (Å²) in [6, 6.07) is 11.2. The minimum absolute atomic E-state index is 0.230. The molecule has 3 heteroatoms. The monoisotopic (exact) mass is 263 g/mol. The highest BCUT2D eigenvalue weighted by molar-refractivity contribution is 5.27. The molecule has 1 fully saturated rings. The van der Waals surface area contributed by atoms with Crippen molar-refractivity contribution in [2.24, 2.45) is 5.41 Å². The quantitative estimate of drug-likeness (QED) is 0.826. The Morgan fingerprint density at radius 3 is 2.63 bits per heavy atom. The van der Waals surface area contributed by atoms with Gasteiger partial charge in [-0.25, -0.2) is 0 Å². The van der Waals surface area contributed by atoms with Gasteiger partial charge in [0, 0.05) is 19.7 Å². The van der Waals surface area contributed by atoms with E-state index in [9.17, 15) is 5.11 Å². The molecule has 0 amide bonds. The van der Waals surface area contributed by atoms with Gasteiger partial charge in [0.25, 0.3) is 0 Å². The van der Waals surface area contributed by atoms with Crippen molar-refractivity contribution in [1.82, 2.24) is 5.32 Å². The van der Waals surface area contributed by atoms with E-state index >= 15 is 0 Å². The highest BCUT2D eigenvalue weighted by atomic mass is 16.5. The molecule has 1 aromatic rings. The maximum Gasteiger partial charge on any atom is 0.0897 e. The van der Waals surface area contributed by atoms with Gasteiger partial charge in [0.1, 0.15) is 0 Å². The molecule has 0 radical (unpaired) electrons. The van der Waals surface area contributed by atoms with Crippen molar-refractivity contribution in [2.75, 3.05) is 20.3 Å². The van der Waals surface area contributed by atoms with Crippen LogP contribution >= 0.6 is 0 Å². The first-order chi connectivity index (χ1) is 9.05. The zero-order valence-corrected chi connectivity index (χ0v) is 12.1. The Kier molecular flexibility index (Phi) is 4.61. The van der Waals surface area contributed by atoms with Crippen molar-refractivity contribution in [3.63, 3.8) is 0 Å². The SMILES string of the molecule is COCC(O)CNC1CC(c2ccccc2)C1(C)C. The molecular weight excluding hydrogens is 238 g/mol. The average molecular weight is 263 g/mol. The van der Waals surface area contributed by atoms with E-state index in [1.165, 1.54) is 5.56 Å². The first-order valence-electron chi connectivity index (χ1n) is 7.01. The van der Waals surface area contributed by atoms with E-state index in [2.05, 4.69) is 49.5 Å². The Labute approximate surface area is 116 Å². The summed E-state index contributed by atoms with van der Waals surface area (Å²) in [5.74, 6) is 0.603. The van der Waals surface area contributed by atoms with Gasteiger partial charge in [-0.15, -0.1) is 0 Å². The zero-order valence-electron chi connectivity index (χ0n) is 12.1. The molecule has 19 heavy (non-hydrogen) atoms.